The van der Waals surface area contributed by atoms with E-state index in [9.17, 15) is 0 Å². The average molecular weight is 773 g/mol. The zero-order chi connectivity index (χ0) is 40.3. The number of hydrogen-bond acceptors (Lipinski definition) is 2. The first kappa shape index (κ1) is 40.2. The summed E-state index contributed by atoms with van der Waals surface area (Å²) in [5.41, 5.74) is 34.5. The summed E-state index contributed by atoms with van der Waals surface area (Å²) in [5, 5.41) is 0. The smallest absolute Gasteiger partial charge is 0.00695 e. The van der Waals surface area contributed by atoms with Crippen LogP contribution in [0.1, 0.15) is 111 Å². The van der Waals surface area contributed by atoms with E-state index in [1.54, 1.807) is 0 Å². The molecule has 0 saturated heterocycles. The van der Waals surface area contributed by atoms with Crippen molar-refractivity contribution in [2.45, 2.75) is 119 Å². The van der Waals surface area contributed by atoms with E-state index in [0.29, 0.717) is 0 Å². The summed E-state index contributed by atoms with van der Waals surface area (Å²) in [7, 11) is 0. The topological polar surface area (TPSA) is 0 Å². The van der Waals surface area contributed by atoms with Crippen LogP contribution in [0.2, 0.25) is 0 Å². The molecule has 0 spiro atoms. The predicted octanol–water partition coefficient (Wildman–Crippen LogP) is 14.8. The van der Waals surface area contributed by atoms with E-state index in [1.165, 1.54) is 143 Å². The van der Waals surface area contributed by atoms with E-state index in [4.69, 9.17) is 0 Å². The zero-order valence-corrected chi connectivity index (χ0v) is 38.1. The van der Waals surface area contributed by atoms with Gasteiger partial charge in [0.2, 0.25) is 0 Å². The fourth-order valence-electron chi connectivity index (χ4n) is 10.4. The molecule has 0 atom stereocenters. The van der Waals surface area contributed by atoms with E-state index < -0.39 is 0 Å². The Kier molecular flexibility index (Phi) is 11.3. The van der Waals surface area contributed by atoms with E-state index in [-0.39, 0.29) is 0 Å². The van der Waals surface area contributed by atoms with Gasteiger partial charge in [0.15, 0.2) is 0 Å². The van der Waals surface area contributed by atoms with Crippen molar-refractivity contribution in [2.24, 2.45) is 0 Å². The van der Waals surface area contributed by atoms with E-state index in [0.717, 1.165) is 25.7 Å². The average Bonchev–Trinajstić information content (AvgIpc) is 3.16. The van der Waals surface area contributed by atoms with Crippen LogP contribution in [0.3, 0.4) is 0 Å². The van der Waals surface area contributed by atoms with Crippen molar-refractivity contribution in [3.8, 4) is 22.3 Å². The third kappa shape index (κ3) is 6.90. The molecule has 1 aliphatic carbocycles. The Morgan fingerprint density at radius 3 is 0.768 bits per heavy atom. The van der Waals surface area contributed by atoms with Crippen LogP contribution >= 0.6 is 23.5 Å². The zero-order valence-electron chi connectivity index (χ0n) is 36.4. The molecule has 0 N–H and O–H groups in total. The van der Waals surface area contributed by atoms with Crippen molar-refractivity contribution in [1.82, 2.24) is 0 Å². The Bertz CT molecular complexity index is 2230. The Labute approximate surface area is 347 Å². The predicted molar refractivity (Wildman–Crippen MR) is 248 cm³/mol. The molecule has 288 valence electrons. The van der Waals surface area contributed by atoms with Gasteiger partial charge in [0.05, 0.1) is 0 Å². The van der Waals surface area contributed by atoms with Crippen molar-refractivity contribution in [1.29, 1.82) is 0 Å². The maximum atomic E-state index is 2.48. The van der Waals surface area contributed by atoms with Gasteiger partial charge in [-0.15, -0.1) is 23.5 Å². The monoisotopic (exact) mass is 772 g/mol. The SMILES string of the molecule is CSc1ccc(-c2c(C)c3c(C)c(c2C)Cc2c(C)cc(C)c(c2C)Cc2c(C)c(c(C)c(-c4ccc(SC)cc4)c2C)Cc2c(C)cc(C)c(c2C)C3)cc1. The summed E-state index contributed by atoms with van der Waals surface area (Å²) in [6.45, 7) is 28.6. The van der Waals surface area contributed by atoms with Crippen LogP contribution in [0.5, 0.6) is 0 Å². The minimum absolute atomic E-state index is 0.938. The Balaban J connectivity index is 1.57. The number of hydrogen-bond donors (Lipinski definition) is 0. The summed E-state index contributed by atoms with van der Waals surface area (Å²) in [6, 6.07) is 23.5. The molecule has 0 nitrogen and oxygen atoms in total. The van der Waals surface area contributed by atoms with Gasteiger partial charge in [-0.25, -0.2) is 0 Å². The molecule has 0 fully saturated rings. The second-order valence-electron chi connectivity index (χ2n) is 16.8. The third-order valence-electron chi connectivity index (χ3n) is 13.9. The van der Waals surface area contributed by atoms with Crippen molar-refractivity contribution < 1.29 is 0 Å². The van der Waals surface area contributed by atoms with Gasteiger partial charge >= 0.3 is 0 Å². The third-order valence-corrected chi connectivity index (χ3v) is 15.4. The second kappa shape index (κ2) is 15.8. The maximum Gasteiger partial charge on any atom is 0.00695 e. The largest absolute Gasteiger partial charge is 0.130 e. The van der Waals surface area contributed by atoms with Crippen LogP contribution in [-0.4, -0.2) is 12.5 Å². The van der Waals surface area contributed by atoms with E-state index >= 15 is 0 Å². The van der Waals surface area contributed by atoms with Crippen LogP contribution < -0.4 is 0 Å². The highest BCUT2D eigenvalue weighted by molar-refractivity contribution is 7.98. The van der Waals surface area contributed by atoms with Crippen LogP contribution in [0.25, 0.3) is 22.3 Å². The fourth-order valence-corrected chi connectivity index (χ4v) is 11.3. The molecule has 0 saturated carbocycles. The minimum Gasteiger partial charge on any atom is -0.130 e. The van der Waals surface area contributed by atoms with Gasteiger partial charge in [-0.05, 0) is 279 Å². The van der Waals surface area contributed by atoms with Gasteiger partial charge in [0.1, 0.15) is 0 Å². The highest BCUT2D eigenvalue weighted by Crippen LogP contribution is 2.43. The molecule has 0 radical (unpaired) electrons. The van der Waals surface area contributed by atoms with E-state index in [2.05, 4.69) is 156 Å². The standard InChI is InChI=1S/C54H60S2/c1-29-23-30(2)46-26-50-36(8)52(40(12)54(38(50)10)42-17-21-44(56-14)22-18-42)28-48-32(4)24-31(3)47(34(48)6)27-51-35(7)49(25-45(29)33(46)5)37(9)53(39(51)11)41-15-19-43(55-13)20-16-41/h15-24H,25-28H2,1-14H3. The van der Waals surface area contributed by atoms with Gasteiger partial charge in [-0.2, -0.15) is 0 Å². The van der Waals surface area contributed by atoms with Crippen LogP contribution in [0, 0.1) is 83.1 Å². The molecule has 2 heteroatoms. The number of benzene rings is 6. The van der Waals surface area contributed by atoms with Gasteiger partial charge in [-0.1, -0.05) is 36.4 Å². The lowest BCUT2D eigenvalue weighted by atomic mass is 9.76. The molecular weight excluding hydrogens is 713 g/mol. The summed E-state index contributed by atoms with van der Waals surface area (Å²) in [4.78, 5) is 2.61. The number of thioether (sulfide) groups is 2. The molecule has 6 aromatic rings. The van der Waals surface area contributed by atoms with Crippen LogP contribution in [-0.2, 0) is 25.7 Å². The maximum absolute atomic E-state index is 2.48. The molecule has 8 bridgehead atoms. The Morgan fingerprint density at radius 2 is 0.536 bits per heavy atom. The lowest BCUT2D eigenvalue weighted by molar-refractivity contribution is 0.973. The lowest BCUT2D eigenvalue weighted by Gasteiger charge is -2.28. The molecule has 0 unspecified atom stereocenters. The van der Waals surface area contributed by atoms with Crippen molar-refractivity contribution in [3.63, 3.8) is 0 Å². The molecular formula is C54H60S2. The van der Waals surface area contributed by atoms with Crippen molar-refractivity contribution in [2.75, 3.05) is 12.5 Å². The summed E-state index contributed by atoms with van der Waals surface area (Å²) >= 11 is 3.62. The molecule has 0 amide bonds. The summed E-state index contributed by atoms with van der Waals surface area (Å²) in [5.74, 6) is 0. The lowest BCUT2D eigenvalue weighted by Crippen LogP contribution is -2.13. The first-order chi connectivity index (χ1) is 26.7. The molecule has 0 aromatic heterocycles. The molecule has 1 aliphatic rings. The van der Waals surface area contributed by atoms with Crippen molar-refractivity contribution >= 4 is 23.5 Å². The van der Waals surface area contributed by atoms with Crippen molar-refractivity contribution in [3.05, 3.63) is 172 Å². The Morgan fingerprint density at radius 1 is 0.304 bits per heavy atom. The summed E-state index contributed by atoms with van der Waals surface area (Å²) < 4.78 is 0. The number of aryl methyl sites for hydroxylation is 4. The molecule has 6 aromatic carbocycles. The Hall–Kier alpha value is -3.98. The van der Waals surface area contributed by atoms with Crippen LogP contribution in [0.15, 0.2) is 70.5 Å². The molecule has 0 aliphatic heterocycles. The first-order valence-electron chi connectivity index (χ1n) is 20.4. The normalized spacial score (nSPS) is 12.7. The number of rotatable bonds is 4. The highest BCUT2D eigenvalue weighted by Gasteiger charge is 2.26. The van der Waals surface area contributed by atoms with Crippen LogP contribution in [0.4, 0.5) is 0 Å². The number of fused-ring (bicyclic) bond motifs is 8. The molecule has 7 rings (SSSR count). The van der Waals surface area contributed by atoms with Gasteiger partial charge in [0, 0.05) is 9.79 Å². The van der Waals surface area contributed by atoms with Gasteiger partial charge in [0.25, 0.3) is 0 Å². The highest BCUT2D eigenvalue weighted by atomic mass is 32.2. The molecule has 0 heterocycles. The first-order valence-corrected chi connectivity index (χ1v) is 22.8. The fraction of sp³-hybridized carbons (Fsp3) is 0.333. The van der Waals surface area contributed by atoms with Gasteiger partial charge in [-0.3, -0.25) is 0 Å². The van der Waals surface area contributed by atoms with Gasteiger partial charge < -0.3 is 0 Å². The quantitative estimate of drug-likeness (QED) is 0.163. The summed E-state index contributed by atoms with van der Waals surface area (Å²) in [6.07, 6.45) is 8.08. The molecule has 56 heavy (non-hydrogen) atoms. The second-order valence-corrected chi connectivity index (χ2v) is 18.5. The minimum atomic E-state index is 0.938. The van der Waals surface area contributed by atoms with E-state index in [1.807, 2.05) is 23.5 Å².